The fourth-order valence-corrected chi connectivity index (χ4v) is 5.68. The van der Waals surface area contributed by atoms with Crippen molar-refractivity contribution < 1.29 is 41.5 Å². The van der Waals surface area contributed by atoms with Gasteiger partial charge in [-0.25, -0.2) is 9.18 Å². The topological polar surface area (TPSA) is 122 Å². The molecular formula is C30H28F4N4O5. The van der Waals surface area contributed by atoms with Crippen LogP contribution in [0.1, 0.15) is 24.5 Å². The first-order valence-electron chi connectivity index (χ1n) is 13.4. The molecule has 43 heavy (non-hydrogen) atoms. The minimum atomic E-state index is -4.71. The lowest BCUT2D eigenvalue weighted by Crippen LogP contribution is -2.50. The van der Waals surface area contributed by atoms with E-state index in [0.717, 1.165) is 19.1 Å². The zero-order valence-electron chi connectivity index (χ0n) is 23.0. The number of alkyl halides is 3. The Morgan fingerprint density at radius 1 is 1.12 bits per heavy atom. The Hall–Kier alpha value is -4.36. The fraction of sp³-hybridized carbons (Fsp3) is 0.333. The molecule has 1 aliphatic heterocycles. The molecule has 3 atom stereocenters. The van der Waals surface area contributed by atoms with Crippen molar-refractivity contribution >= 4 is 34.8 Å². The number of nitrogens with zero attached hydrogens (tertiary/aromatic N) is 2. The molecule has 2 aliphatic carbocycles. The highest BCUT2D eigenvalue weighted by atomic mass is 19.4. The fourth-order valence-electron chi connectivity index (χ4n) is 5.68. The van der Waals surface area contributed by atoms with Gasteiger partial charge in [0.25, 0.3) is 0 Å². The minimum Gasteiger partial charge on any atom is -0.351 e. The number of allylic oxidation sites excluding steroid dienone is 3. The Morgan fingerprint density at radius 2 is 1.79 bits per heavy atom. The Labute approximate surface area is 243 Å². The highest BCUT2D eigenvalue weighted by molar-refractivity contribution is 6.26. The number of benzene rings is 2. The number of carbonyl (C=O) groups excluding carboxylic acids is 4. The van der Waals surface area contributed by atoms with Gasteiger partial charge in [-0.1, -0.05) is 36.4 Å². The third-order valence-corrected chi connectivity index (χ3v) is 7.98. The van der Waals surface area contributed by atoms with E-state index in [1.165, 1.54) is 17.0 Å². The summed E-state index contributed by atoms with van der Waals surface area (Å²) >= 11 is 0. The van der Waals surface area contributed by atoms with E-state index in [1.54, 1.807) is 36.4 Å². The van der Waals surface area contributed by atoms with Gasteiger partial charge < -0.3 is 20.7 Å². The molecule has 3 N–H and O–H groups in total. The largest absolute Gasteiger partial charge is 0.408 e. The van der Waals surface area contributed by atoms with Gasteiger partial charge in [0.05, 0.1) is 12.5 Å². The molecule has 1 saturated carbocycles. The normalized spacial score (nSPS) is 22.7. The molecule has 1 saturated heterocycles. The van der Waals surface area contributed by atoms with E-state index < -0.39 is 54.6 Å². The number of ketones is 2. The number of halogens is 4. The quantitative estimate of drug-likeness (QED) is 0.467. The number of hydrogen-bond acceptors (Lipinski definition) is 6. The molecule has 13 heteroatoms. The molecule has 226 valence electrons. The van der Waals surface area contributed by atoms with Crippen molar-refractivity contribution in [1.29, 1.82) is 0 Å². The molecule has 0 bridgehead atoms. The van der Waals surface area contributed by atoms with Gasteiger partial charge in [-0.15, -0.1) is 0 Å². The van der Waals surface area contributed by atoms with Crippen molar-refractivity contribution in [2.75, 3.05) is 25.1 Å². The summed E-state index contributed by atoms with van der Waals surface area (Å²) in [4.78, 5) is 53.1. The van der Waals surface area contributed by atoms with Crippen LogP contribution in [-0.2, 0) is 25.7 Å². The Balaban J connectivity index is 1.33. The number of fused-ring (bicyclic) bond motifs is 2. The van der Waals surface area contributed by atoms with Gasteiger partial charge in [0.15, 0.2) is 17.2 Å². The summed E-state index contributed by atoms with van der Waals surface area (Å²) in [7, 11) is 0. The van der Waals surface area contributed by atoms with Crippen LogP contribution in [0.5, 0.6) is 0 Å². The molecule has 0 radical (unpaired) electrons. The molecule has 9 nitrogen and oxygen atoms in total. The summed E-state index contributed by atoms with van der Waals surface area (Å²) in [6.45, 7) is -0.290. The van der Waals surface area contributed by atoms with E-state index in [9.17, 15) is 36.7 Å². The Kier molecular flexibility index (Phi) is 7.97. The van der Waals surface area contributed by atoms with Crippen LogP contribution in [0.2, 0.25) is 0 Å². The van der Waals surface area contributed by atoms with Crippen LogP contribution >= 0.6 is 0 Å². The maximum atomic E-state index is 13.7. The second-order valence-electron chi connectivity index (χ2n) is 10.8. The van der Waals surface area contributed by atoms with Crippen molar-refractivity contribution in [2.24, 2.45) is 11.7 Å². The minimum absolute atomic E-state index is 0.103. The van der Waals surface area contributed by atoms with Gasteiger partial charge in [-0.05, 0) is 47.9 Å². The summed E-state index contributed by atoms with van der Waals surface area (Å²) in [6.07, 6.45) is -1.59. The number of carbonyl (C=O) groups is 4. The Morgan fingerprint density at radius 3 is 2.42 bits per heavy atom. The number of rotatable bonds is 7. The van der Waals surface area contributed by atoms with E-state index in [1.807, 2.05) is 0 Å². The zero-order valence-corrected chi connectivity index (χ0v) is 23.0. The summed E-state index contributed by atoms with van der Waals surface area (Å²) in [6, 6.07) is 8.42. The highest BCUT2D eigenvalue weighted by Crippen LogP contribution is 2.47. The lowest BCUT2D eigenvalue weighted by atomic mass is 9.81. The number of nitrogens with two attached hydrogens (primary N) is 1. The number of urea groups is 1. The van der Waals surface area contributed by atoms with Gasteiger partial charge in [0.2, 0.25) is 5.91 Å². The average molecular weight is 601 g/mol. The molecule has 5 rings (SSSR count). The maximum absolute atomic E-state index is 13.7. The van der Waals surface area contributed by atoms with Gasteiger partial charge in [-0.2, -0.15) is 13.2 Å². The van der Waals surface area contributed by atoms with Crippen molar-refractivity contribution in [3.63, 3.8) is 0 Å². The SMILES string of the molecule is CC(N(Cc1ccc(F)cc1)C(=O)CN1CO[C@]2(C1)C(=O)CC1C(=O)C(c3ccc(NC(N)=O)cc3)=CC=C12)C(F)(F)F. The number of ether oxygens (including phenoxy) is 1. The molecule has 2 aromatic rings. The average Bonchev–Trinajstić information content (AvgIpc) is 3.49. The third-order valence-electron chi connectivity index (χ3n) is 7.98. The number of amides is 3. The number of primary amides is 1. The first-order valence-corrected chi connectivity index (χ1v) is 13.4. The third kappa shape index (κ3) is 5.95. The monoisotopic (exact) mass is 600 g/mol. The number of Topliss-reactive ketones (excluding diaryl/α,β-unsaturated/α-hetero) is 2. The van der Waals surface area contributed by atoms with Crippen LogP contribution < -0.4 is 11.1 Å². The van der Waals surface area contributed by atoms with Gasteiger partial charge in [-0.3, -0.25) is 19.3 Å². The van der Waals surface area contributed by atoms with Crippen LogP contribution in [-0.4, -0.2) is 70.9 Å². The number of hydrogen-bond donors (Lipinski definition) is 2. The molecule has 2 fully saturated rings. The summed E-state index contributed by atoms with van der Waals surface area (Å²) in [5.74, 6) is -2.83. The Bertz CT molecular complexity index is 1520. The summed E-state index contributed by atoms with van der Waals surface area (Å²) in [5, 5.41) is 2.43. The number of nitrogens with one attached hydrogen (secondary N) is 1. The van der Waals surface area contributed by atoms with Gasteiger partial charge >= 0.3 is 12.2 Å². The van der Waals surface area contributed by atoms with E-state index in [0.29, 0.717) is 32.9 Å². The van der Waals surface area contributed by atoms with Crippen molar-refractivity contribution in [3.05, 3.63) is 83.2 Å². The van der Waals surface area contributed by atoms with Gasteiger partial charge in [0.1, 0.15) is 18.6 Å². The molecule has 1 spiro atoms. The molecule has 1 heterocycles. The van der Waals surface area contributed by atoms with E-state index in [2.05, 4.69) is 5.32 Å². The summed E-state index contributed by atoms with van der Waals surface area (Å²) in [5.41, 5.74) is 5.78. The van der Waals surface area contributed by atoms with E-state index in [-0.39, 0.29) is 31.3 Å². The zero-order chi connectivity index (χ0) is 31.1. The van der Waals surface area contributed by atoms with Crippen molar-refractivity contribution in [3.8, 4) is 0 Å². The molecular weight excluding hydrogens is 572 g/mol. The predicted octanol–water partition coefficient (Wildman–Crippen LogP) is 3.81. The van der Waals surface area contributed by atoms with Crippen molar-refractivity contribution in [2.45, 2.75) is 37.7 Å². The molecule has 2 aromatic carbocycles. The molecule has 3 aliphatic rings. The van der Waals surface area contributed by atoms with E-state index in [4.69, 9.17) is 10.5 Å². The van der Waals surface area contributed by atoms with Crippen LogP contribution in [0.4, 0.5) is 28.0 Å². The predicted molar refractivity (Wildman–Crippen MR) is 147 cm³/mol. The highest BCUT2D eigenvalue weighted by Gasteiger charge is 2.58. The van der Waals surface area contributed by atoms with Crippen molar-refractivity contribution in [1.82, 2.24) is 9.80 Å². The first-order chi connectivity index (χ1) is 20.3. The van der Waals surface area contributed by atoms with Gasteiger partial charge in [0, 0.05) is 30.8 Å². The smallest absolute Gasteiger partial charge is 0.351 e. The standard InChI is InChI=1S/C30H28F4N4O5/c1-17(30(32,33)34)38(13-18-2-6-20(31)7-3-18)26(40)14-37-15-29(43-16-37)24-11-10-22(27(41)23(24)12-25(29)39)19-4-8-21(9-5-19)36-28(35)42/h2-11,17,23H,12-16H2,1H3,(H3,35,36,42)/t17?,23?,29-/m0/s1. The van der Waals surface area contributed by atoms with Crippen LogP contribution in [0, 0.1) is 11.7 Å². The second kappa shape index (κ2) is 11.4. The molecule has 2 unspecified atom stereocenters. The maximum Gasteiger partial charge on any atom is 0.408 e. The number of anilines is 1. The van der Waals surface area contributed by atoms with Crippen LogP contribution in [0.25, 0.3) is 5.57 Å². The lowest BCUT2D eigenvalue weighted by molar-refractivity contribution is -0.187. The van der Waals surface area contributed by atoms with Crippen LogP contribution in [0.15, 0.2) is 66.3 Å². The second-order valence-corrected chi connectivity index (χ2v) is 10.8. The van der Waals surface area contributed by atoms with E-state index >= 15 is 0 Å². The molecule has 0 aromatic heterocycles. The first kappa shape index (κ1) is 30.1. The summed E-state index contributed by atoms with van der Waals surface area (Å²) < 4.78 is 60.3. The van der Waals surface area contributed by atoms with Crippen LogP contribution in [0.3, 0.4) is 0 Å². The molecule has 3 amide bonds. The lowest BCUT2D eigenvalue weighted by Gasteiger charge is -2.32.